The topological polar surface area (TPSA) is 81.2 Å². The van der Waals surface area contributed by atoms with Crippen molar-refractivity contribution in [2.24, 2.45) is 10.9 Å². The molecule has 7 nitrogen and oxygen atoms in total. The average Bonchev–Trinajstić information content (AvgIpc) is 2.64. The lowest BCUT2D eigenvalue weighted by Gasteiger charge is -2.15. The standard InChI is InChI=1S/C19H31N3O4/c1-6-20-19(21-12-15(3)18(23)25-5)22-13-16-8-7-14(2)11-17(16)26-10-9-24-4/h7-8,11,15H,6,9-10,12-13H2,1-5H3,(H2,20,21,22). The Hall–Kier alpha value is -2.28. The van der Waals surface area contributed by atoms with Crippen LogP contribution in [0, 0.1) is 12.8 Å². The molecule has 0 spiro atoms. The molecule has 0 bridgehead atoms. The van der Waals surface area contributed by atoms with Crippen molar-refractivity contribution in [2.75, 3.05) is 40.5 Å². The molecule has 0 aromatic heterocycles. The molecule has 146 valence electrons. The van der Waals surface area contributed by atoms with Crippen molar-refractivity contribution in [1.29, 1.82) is 0 Å². The normalized spacial score (nSPS) is 12.4. The zero-order valence-corrected chi connectivity index (χ0v) is 16.4. The number of nitrogens with zero attached hydrogens (tertiary/aromatic N) is 1. The van der Waals surface area contributed by atoms with Gasteiger partial charge in [0.2, 0.25) is 0 Å². The van der Waals surface area contributed by atoms with Crippen molar-refractivity contribution in [3.8, 4) is 5.75 Å². The lowest BCUT2D eigenvalue weighted by molar-refractivity contribution is -0.144. The van der Waals surface area contributed by atoms with Gasteiger partial charge < -0.3 is 24.8 Å². The maximum absolute atomic E-state index is 11.5. The Labute approximate surface area is 156 Å². The fourth-order valence-corrected chi connectivity index (χ4v) is 2.20. The molecule has 1 unspecified atom stereocenters. The van der Waals surface area contributed by atoms with E-state index in [0.717, 1.165) is 23.4 Å². The largest absolute Gasteiger partial charge is 0.491 e. The highest BCUT2D eigenvalue weighted by Gasteiger charge is 2.13. The highest BCUT2D eigenvalue weighted by Crippen LogP contribution is 2.21. The van der Waals surface area contributed by atoms with Crippen molar-refractivity contribution in [3.63, 3.8) is 0 Å². The van der Waals surface area contributed by atoms with Gasteiger partial charge in [-0.2, -0.15) is 0 Å². The predicted octanol–water partition coefficient (Wildman–Crippen LogP) is 1.88. The SMILES string of the molecule is CCNC(=NCc1ccc(C)cc1OCCOC)NCC(C)C(=O)OC. The van der Waals surface area contributed by atoms with Crippen LogP contribution < -0.4 is 15.4 Å². The highest BCUT2D eigenvalue weighted by molar-refractivity contribution is 5.80. The quantitative estimate of drug-likeness (QED) is 0.285. The summed E-state index contributed by atoms with van der Waals surface area (Å²) in [4.78, 5) is 16.1. The molecule has 0 fully saturated rings. The van der Waals surface area contributed by atoms with E-state index in [9.17, 15) is 4.79 Å². The Morgan fingerprint density at radius 2 is 2.00 bits per heavy atom. The third kappa shape index (κ3) is 7.74. The number of hydrogen-bond acceptors (Lipinski definition) is 5. The predicted molar refractivity (Wildman–Crippen MR) is 103 cm³/mol. The van der Waals surface area contributed by atoms with Crippen molar-refractivity contribution >= 4 is 11.9 Å². The van der Waals surface area contributed by atoms with Crippen molar-refractivity contribution in [3.05, 3.63) is 29.3 Å². The van der Waals surface area contributed by atoms with E-state index >= 15 is 0 Å². The van der Waals surface area contributed by atoms with E-state index in [4.69, 9.17) is 14.2 Å². The van der Waals surface area contributed by atoms with E-state index in [1.165, 1.54) is 7.11 Å². The Morgan fingerprint density at radius 1 is 1.23 bits per heavy atom. The van der Waals surface area contributed by atoms with Crippen LogP contribution in [0.2, 0.25) is 0 Å². The number of carbonyl (C=O) groups is 1. The molecule has 1 atom stereocenters. The van der Waals surface area contributed by atoms with E-state index in [-0.39, 0.29) is 11.9 Å². The van der Waals surface area contributed by atoms with E-state index in [1.54, 1.807) is 7.11 Å². The number of rotatable bonds is 10. The van der Waals surface area contributed by atoms with Crippen LogP contribution in [0.5, 0.6) is 5.75 Å². The number of esters is 1. The Bertz CT molecular complexity index is 590. The number of ether oxygens (including phenoxy) is 3. The summed E-state index contributed by atoms with van der Waals surface area (Å²) in [6, 6.07) is 6.05. The molecule has 0 aliphatic rings. The van der Waals surface area contributed by atoms with E-state index in [0.29, 0.717) is 32.3 Å². The number of methoxy groups -OCH3 is 2. The summed E-state index contributed by atoms with van der Waals surface area (Å²) in [5.74, 6) is 0.952. The monoisotopic (exact) mass is 365 g/mol. The summed E-state index contributed by atoms with van der Waals surface area (Å²) in [5.41, 5.74) is 2.12. The van der Waals surface area contributed by atoms with Gasteiger partial charge in [-0.05, 0) is 25.5 Å². The van der Waals surface area contributed by atoms with Crippen LogP contribution >= 0.6 is 0 Å². The zero-order chi connectivity index (χ0) is 19.4. The third-order valence-corrected chi connectivity index (χ3v) is 3.70. The van der Waals surface area contributed by atoms with Gasteiger partial charge in [0.05, 0.1) is 26.2 Å². The van der Waals surface area contributed by atoms with Crippen LogP contribution in [-0.2, 0) is 20.8 Å². The summed E-state index contributed by atoms with van der Waals surface area (Å²) in [6.07, 6.45) is 0. The van der Waals surface area contributed by atoms with Crippen LogP contribution in [0.25, 0.3) is 0 Å². The van der Waals surface area contributed by atoms with Crippen molar-refractivity contribution in [1.82, 2.24) is 10.6 Å². The first-order chi connectivity index (χ1) is 12.5. The zero-order valence-electron chi connectivity index (χ0n) is 16.4. The Kier molecular flexibility index (Phi) is 10.2. The summed E-state index contributed by atoms with van der Waals surface area (Å²) in [6.45, 7) is 8.49. The van der Waals surface area contributed by atoms with Gasteiger partial charge in [0.15, 0.2) is 5.96 Å². The lowest BCUT2D eigenvalue weighted by atomic mass is 10.1. The molecule has 1 rings (SSSR count). The van der Waals surface area contributed by atoms with Gasteiger partial charge in [-0.1, -0.05) is 19.1 Å². The maximum atomic E-state index is 11.5. The van der Waals surface area contributed by atoms with Gasteiger partial charge in [-0.3, -0.25) is 4.79 Å². The first kappa shape index (κ1) is 21.8. The van der Waals surface area contributed by atoms with Crippen LogP contribution in [0.1, 0.15) is 25.0 Å². The summed E-state index contributed by atoms with van der Waals surface area (Å²) in [5, 5.41) is 6.34. The molecule has 0 aliphatic heterocycles. The number of carbonyl (C=O) groups excluding carboxylic acids is 1. The Morgan fingerprint density at radius 3 is 2.65 bits per heavy atom. The number of guanidine groups is 1. The first-order valence-electron chi connectivity index (χ1n) is 8.83. The van der Waals surface area contributed by atoms with Crippen LogP contribution in [0.3, 0.4) is 0 Å². The molecule has 0 saturated carbocycles. The minimum Gasteiger partial charge on any atom is -0.491 e. The molecular weight excluding hydrogens is 334 g/mol. The second kappa shape index (κ2) is 12.1. The van der Waals surface area contributed by atoms with E-state index in [2.05, 4.69) is 15.6 Å². The number of hydrogen-bond donors (Lipinski definition) is 2. The van der Waals surface area contributed by atoms with Gasteiger partial charge in [0.1, 0.15) is 12.4 Å². The molecule has 7 heteroatoms. The molecule has 0 heterocycles. The molecule has 0 radical (unpaired) electrons. The van der Waals surface area contributed by atoms with Crippen LogP contribution in [0.4, 0.5) is 0 Å². The number of nitrogens with one attached hydrogen (secondary N) is 2. The maximum Gasteiger partial charge on any atom is 0.310 e. The first-order valence-corrected chi connectivity index (χ1v) is 8.83. The second-order valence-electron chi connectivity index (χ2n) is 5.95. The van der Waals surface area contributed by atoms with Gasteiger partial charge in [0, 0.05) is 25.8 Å². The molecule has 2 N–H and O–H groups in total. The lowest BCUT2D eigenvalue weighted by Crippen LogP contribution is -2.40. The number of aliphatic imine (C=N–C) groups is 1. The summed E-state index contributed by atoms with van der Waals surface area (Å²) < 4.78 is 15.6. The smallest absolute Gasteiger partial charge is 0.310 e. The van der Waals surface area contributed by atoms with Gasteiger partial charge in [-0.15, -0.1) is 0 Å². The fourth-order valence-electron chi connectivity index (χ4n) is 2.20. The molecule has 0 aliphatic carbocycles. The Balaban J connectivity index is 2.77. The van der Waals surface area contributed by atoms with Gasteiger partial charge >= 0.3 is 5.97 Å². The van der Waals surface area contributed by atoms with E-state index < -0.39 is 0 Å². The number of benzene rings is 1. The van der Waals surface area contributed by atoms with Crippen molar-refractivity contribution in [2.45, 2.75) is 27.3 Å². The fraction of sp³-hybridized carbons (Fsp3) is 0.579. The summed E-state index contributed by atoms with van der Waals surface area (Å²) >= 11 is 0. The second-order valence-corrected chi connectivity index (χ2v) is 5.95. The van der Waals surface area contributed by atoms with E-state index in [1.807, 2.05) is 39.0 Å². The van der Waals surface area contributed by atoms with Crippen molar-refractivity contribution < 1.29 is 19.0 Å². The summed E-state index contributed by atoms with van der Waals surface area (Å²) in [7, 11) is 3.04. The molecule has 0 amide bonds. The minimum absolute atomic E-state index is 0.249. The molecule has 26 heavy (non-hydrogen) atoms. The minimum atomic E-state index is -0.254. The van der Waals surface area contributed by atoms with Crippen LogP contribution in [-0.4, -0.2) is 52.5 Å². The average molecular weight is 365 g/mol. The third-order valence-electron chi connectivity index (χ3n) is 3.70. The van der Waals surface area contributed by atoms with Crippen LogP contribution in [0.15, 0.2) is 23.2 Å². The van der Waals surface area contributed by atoms with Gasteiger partial charge in [0.25, 0.3) is 0 Å². The molecule has 1 aromatic rings. The highest BCUT2D eigenvalue weighted by atomic mass is 16.5. The van der Waals surface area contributed by atoms with Gasteiger partial charge in [-0.25, -0.2) is 4.99 Å². The number of aryl methyl sites for hydroxylation is 1. The molecular formula is C19H31N3O4. The molecule has 0 saturated heterocycles. The molecule has 1 aromatic carbocycles.